The molecule has 2 N–H and O–H groups in total. The Kier molecular flexibility index (Phi) is 6.92. The number of likely N-dealkylation sites (tertiary alicyclic amines) is 1. The van der Waals surface area contributed by atoms with E-state index in [2.05, 4.69) is 15.5 Å². The number of amides is 2. The third-order valence-corrected chi connectivity index (χ3v) is 5.00. The quantitative estimate of drug-likeness (QED) is 0.704. The summed E-state index contributed by atoms with van der Waals surface area (Å²) in [5, 5.41) is 5.72. The second-order valence-corrected chi connectivity index (χ2v) is 6.98. The number of nitrogens with zero attached hydrogens (tertiary/aromatic N) is 1. The fourth-order valence-corrected chi connectivity index (χ4v) is 3.71. The van der Waals surface area contributed by atoms with Gasteiger partial charge in [-0.1, -0.05) is 18.6 Å². The molecule has 28 heavy (non-hydrogen) atoms. The Morgan fingerprint density at radius 2 is 1.82 bits per heavy atom. The lowest BCUT2D eigenvalue weighted by molar-refractivity contribution is -0.139. The summed E-state index contributed by atoms with van der Waals surface area (Å²) in [6.45, 7) is 7.04. The molecule has 2 aliphatic rings. The SMILES string of the molecule is CCOC(=O)C1=C(CN2CCCCC2)NC(=O)N[C@H]1c1ccc(OCC)cc1. The Balaban J connectivity index is 1.93. The van der Waals surface area contributed by atoms with Crippen molar-refractivity contribution >= 4 is 12.0 Å². The van der Waals surface area contributed by atoms with E-state index in [-0.39, 0.29) is 12.6 Å². The smallest absolute Gasteiger partial charge is 0.338 e. The highest BCUT2D eigenvalue weighted by atomic mass is 16.5. The van der Waals surface area contributed by atoms with Gasteiger partial charge >= 0.3 is 12.0 Å². The third kappa shape index (κ3) is 4.84. The first-order valence-corrected chi connectivity index (χ1v) is 10.0. The van der Waals surface area contributed by atoms with Crippen molar-refractivity contribution in [3.8, 4) is 5.75 Å². The molecule has 1 saturated heterocycles. The molecule has 7 nitrogen and oxygen atoms in total. The number of hydrogen-bond acceptors (Lipinski definition) is 5. The number of piperidine rings is 1. The van der Waals surface area contributed by atoms with Crippen molar-refractivity contribution in [2.45, 2.75) is 39.2 Å². The fourth-order valence-electron chi connectivity index (χ4n) is 3.71. The summed E-state index contributed by atoms with van der Waals surface area (Å²) in [6.07, 6.45) is 3.50. The van der Waals surface area contributed by atoms with Crippen LogP contribution < -0.4 is 15.4 Å². The van der Waals surface area contributed by atoms with Crippen LogP contribution in [0.3, 0.4) is 0 Å². The molecular weight excluding hydrogens is 358 g/mol. The Bertz CT molecular complexity index is 724. The predicted molar refractivity (Wildman–Crippen MR) is 106 cm³/mol. The summed E-state index contributed by atoms with van der Waals surface area (Å²) in [4.78, 5) is 27.4. The Hall–Kier alpha value is -2.54. The predicted octanol–water partition coefficient (Wildman–Crippen LogP) is 2.74. The van der Waals surface area contributed by atoms with Gasteiger partial charge in [0.2, 0.25) is 0 Å². The molecule has 3 rings (SSSR count). The van der Waals surface area contributed by atoms with Crippen LogP contribution in [0.5, 0.6) is 5.75 Å². The van der Waals surface area contributed by atoms with Crippen LogP contribution in [-0.4, -0.2) is 49.7 Å². The number of hydrogen-bond donors (Lipinski definition) is 2. The molecule has 1 fully saturated rings. The van der Waals surface area contributed by atoms with E-state index in [9.17, 15) is 9.59 Å². The van der Waals surface area contributed by atoms with Crippen molar-refractivity contribution < 1.29 is 19.1 Å². The van der Waals surface area contributed by atoms with E-state index in [1.54, 1.807) is 6.92 Å². The molecule has 152 valence electrons. The van der Waals surface area contributed by atoms with E-state index in [1.807, 2.05) is 31.2 Å². The molecule has 1 aromatic rings. The number of carbonyl (C=O) groups is 2. The fraction of sp³-hybridized carbons (Fsp3) is 0.524. The second kappa shape index (κ2) is 9.59. The van der Waals surface area contributed by atoms with Crippen molar-refractivity contribution in [3.05, 3.63) is 41.1 Å². The molecule has 0 spiro atoms. The van der Waals surface area contributed by atoms with Crippen LogP contribution in [0.1, 0.15) is 44.7 Å². The van der Waals surface area contributed by atoms with Gasteiger partial charge in [0.1, 0.15) is 5.75 Å². The first kappa shape index (κ1) is 20.2. The van der Waals surface area contributed by atoms with E-state index < -0.39 is 12.0 Å². The van der Waals surface area contributed by atoms with E-state index in [0.29, 0.717) is 24.4 Å². The van der Waals surface area contributed by atoms with Gasteiger partial charge in [0.05, 0.1) is 24.8 Å². The highest BCUT2D eigenvalue weighted by Gasteiger charge is 2.34. The summed E-state index contributed by atoms with van der Waals surface area (Å²) in [7, 11) is 0. The van der Waals surface area contributed by atoms with Gasteiger partial charge < -0.3 is 20.1 Å². The lowest BCUT2D eigenvalue weighted by atomic mass is 9.94. The number of urea groups is 1. The highest BCUT2D eigenvalue weighted by Crippen LogP contribution is 2.29. The monoisotopic (exact) mass is 387 g/mol. The summed E-state index contributed by atoms with van der Waals surface area (Å²) < 4.78 is 10.8. The molecule has 0 saturated carbocycles. The standard InChI is InChI=1S/C21H29N3O4/c1-3-27-16-10-8-15(9-11-16)19-18(20(25)28-4-2)17(22-21(26)23-19)14-24-12-6-5-7-13-24/h8-11,19H,3-7,12-14H2,1-2H3,(H2,22,23,26)/t19-/m0/s1. The average Bonchev–Trinajstić information content (AvgIpc) is 2.69. The number of nitrogens with one attached hydrogen (secondary N) is 2. The van der Waals surface area contributed by atoms with Crippen molar-refractivity contribution in [1.82, 2.24) is 15.5 Å². The van der Waals surface area contributed by atoms with E-state index in [0.717, 1.165) is 37.2 Å². The van der Waals surface area contributed by atoms with Gasteiger partial charge in [0, 0.05) is 12.2 Å². The zero-order valence-electron chi connectivity index (χ0n) is 16.6. The number of benzene rings is 1. The Morgan fingerprint density at radius 3 is 2.46 bits per heavy atom. The van der Waals surface area contributed by atoms with Gasteiger partial charge in [0.15, 0.2) is 0 Å². The summed E-state index contributed by atoms with van der Waals surface area (Å²) in [5.74, 6) is 0.350. The van der Waals surface area contributed by atoms with Crippen LogP contribution in [0.15, 0.2) is 35.5 Å². The molecule has 2 aliphatic heterocycles. The van der Waals surface area contributed by atoms with Crippen molar-refractivity contribution in [2.24, 2.45) is 0 Å². The molecule has 1 aromatic carbocycles. The van der Waals surface area contributed by atoms with Gasteiger partial charge in [-0.25, -0.2) is 9.59 Å². The van der Waals surface area contributed by atoms with Crippen LogP contribution >= 0.6 is 0 Å². The minimum atomic E-state index is -0.553. The molecule has 2 heterocycles. The minimum absolute atomic E-state index is 0.281. The van der Waals surface area contributed by atoms with Crippen LogP contribution in [0.4, 0.5) is 4.79 Å². The number of carbonyl (C=O) groups excluding carboxylic acids is 2. The average molecular weight is 387 g/mol. The van der Waals surface area contributed by atoms with Crippen molar-refractivity contribution in [1.29, 1.82) is 0 Å². The molecule has 2 amide bonds. The molecule has 0 bridgehead atoms. The van der Waals surface area contributed by atoms with E-state index >= 15 is 0 Å². The van der Waals surface area contributed by atoms with Gasteiger partial charge in [-0.3, -0.25) is 4.90 Å². The lowest BCUT2D eigenvalue weighted by Gasteiger charge is -2.33. The van der Waals surface area contributed by atoms with Crippen molar-refractivity contribution in [2.75, 3.05) is 32.8 Å². The normalized spacial score (nSPS) is 20.4. The van der Waals surface area contributed by atoms with Crippen LogP contribution in [0.2, 0.25) is 0 Å². The van der Waals surface area contributed by atoms with E-state index in [4.69, 9.17) is 9.47 Å². The lowest BCUT2D eigenvalue weighted by Crippen LogP contribution is -2.49. The van der Waals surface area contributed by atoms with E-state index in [1.165, 1.54) is 6.42 Å². The first-order chi connectivity index (χ1) is 13.6. The number of esters is 1. The largest absolute Gasteiger partial charge is 0.494 e. The second-order valence-electron chi connectivity index (χ2n) is 6.98. The number of rotatable bonds is 7. The molecular formula is C21H29N3O4. The first-order valence-electron chi connectivity index (χ1n) is 10.0. The van der Waals surface area contributed by atoms with Gasteiger partial charge in [-0.2, -0.15) is 0 Å². The molecule has 0 aromatic heterocycles. The maximum atomic E-state index is 12.8. The Labute approximate surface area is 166 Å². The Morgan fingerprint density at radius 1 is 1.11 bits per heavy atom. The van der Waals surface area contributed by atoms with Crippen molar-refractivity contribution in [3.63, 3.8) is 0 Å². The molecule has 0 aliphatic carbocycles. The molecule has 7 heteroatoms. The van der Waals surface area contributed by atoms with Gasteiger partial charge in [-0.05, 0) is 57.5 Å². The molecule has 0 unspecified atom stereocenters. The zero-order chi connectivity index (χ0) is 19.9. The molecule has 0 radical (unpaired) electrons. The number of ether oxygens (including phenoxy) is 2. The van der Waals surface area contributed by atoms with Crippen LogP contribution in [-0.2, 0) is 9.53 Å². The molecule has 1 atom stereocenters. The maximum Gasteiger partial charge on any atom is 0.338 e. The van der Waals surface area contributed by atoms with Gasteiger partial charge in [-0.15, -0.1) is 0 Å². The minimum Gasteiger partial charge on any atom is -0.494 e. The zero-order valence-corrected chi connectivity index (χ0v) is 16.6. The summed E-state index contributed by atoms with van der Waals surface area (Å²) >= 11 is 0. The summed E-state index contributed by atoms with van der Waals surface area (Å²) in [5.41, 5.74) is 1.91. The van der Waals surface area contributed by atoms with Crippen LogP contribution in [0, 0.1) is 0 Å². The maximum absolute atomic E-state index is 12.8. The highest BCUT2D eigenvalue weighted by molar-refractivity contribution is 5.95. The van der Waals surface area contributed by atoms with Gasteiger partial charge in [0.25, 0.3) is 0 Å². The topological polar surface area (TPSA) is 79.9 Å². The summed E-state index contributed by atoms with van der Waals surface area (Å²) in [6, 6.07) is 6.58. The van der Waals surface area contributed by atoms with Crippen LogP contribution in [0.25, 0.3) is 0 Å². The third-order valence-electron chi connectivity index (χ3n) is 5.00.